The number of para-hydroxylation sites is 2. The summed E-state index contributed by atoms with van der Waals surface area (Å²) in [4.78, 5) is 18.8. The summed E-state index contributed by atoms with van der Waals surface area (Å²) in [6, 6.07) is 8.05. The van der Waals surface area contributed by atoms with E-state index in [1.54, 1.807) is 16.7 Å². The van der Waals surface area contributed by atoms with E-state index in [4.69, 9.17) is 0 Å². The minimum absolute atomic E-state index is 0.0221. The summed E-state index contributed by atoms with van der Waals surface area (Å²) >= 11 is 1.59. The number of carbonyl (C=O) groups excluding carboxylic acids is 1. The monoisotopic (exact) mass is 377 g/mol. The van der Waals surface area contributed by atoms with Crippen molar-refractivity contribution in [1.29, 1.82) is 0 Å². The second kappa shape index (κ2) is 7.98. The Morgan fingerprint density at radius 2 is 2.15 bits per heavy atom. The zero-order valence-electron chi connectivity index (χ0n) is 15.4. The van der Waals surface area contributed by atoms with Gasteiger partial charge >= 0.3 is 0 Å². The molecule has 6 nitrogen and oxygen atoms in total. The number of amides is 1. The first-order chi connectivity index (χ1) is 12.5. The first kappa shape index (κ1) is 19.2. The zero-order valence-corrected chi connectivity index (χ0v) is 16.2. The Kier molecular flexibility index (Phi) is 5.89. The van der Waals surface area contributed by atoms with Gasteiger partial charge in [-0.25, -0.2) is 4.98 Å². The molecule has 0 unspecified atom stereocenters. The molecule has 0 saturated carbocycles. The van der Waals surface area contributed by atoms with Crippen molar-refractivity contribution >= 4 is 28.7 Å². The molecule has 2 atom stereocenters. The lowest BCUT2D eigenvalue weighted by Gasteiger charge is -2.41. The highest BCUT2D eigenvalue weighted by atomic mass is 32.2. The van der Waals surface area contributed by atoms with Crippen molar-refractivity contribution in [1.82, 2.24) is 14.5 Å². The van der Waals surface area contributed by atoms with E-state index in [0.717, 1.165) is 22.7 Å². The van der Waals surface area contributed by atoms with Crippen LogP contribution < -0.4 is 0 Å². The van der Waals surface area contributed by atoms with Gasteiger partial charge in [-0.15, -0.1) is 0 Å². The Morgan fingerprint density at radius 1 is 1.38 bits per heavy atom. The van der Waals surface area contributed by atoms with Crippen LogP contribution in [0.5, 0.6) is 0 Å². The van der Waals surface area contributed by atoms with Crippen molar-refractivity contribution in [2.24, 2.45) is 0 Å². The van der Waals surface area contributed by atoms with E-state index in [1.807, 2.05) is 25.1 Å². The van der Waals surface area contributed by atoms with Crippen LogP contribution in [0, 0.1) is 0 Å². The molecule has 1 aromatic carbocycles. The normalized spacial score (nSPS) is 23.5. The van der Waals surface area contributed by atoms with Crippen LogP contribution in [0.4, 0.5) is 0 Å². The second-order valence-electron chi connectivity index (χ2n) is 6.79. The van der Waals surface area contributed by atoms with Crippen LogP contribution in [0.3, 0.4) is 0 Å². The minimum atomic E-state index is -1.06. The highest BCUT2D eigenvalue weighted by molar-refractivity contribution is 7.99. The summed E-state index contributed by atoms with van der Waals surface area (Å²) < 4.78 is 2.16. The van der Waals surface area contributed by atoms with Crippen LogP contribution in [-0.4, -0.2) is 61.1 Å². The standard InChI is InChI=1S/C19H27N3O3S/c1-3-19(25)10-11-21(13-16(19)23)17(24)9-12-26-18-20-14-7-5-6-8-15(14)22(18)4-2/h5-8,16,23,25H,3-4,9-13H2,1-2H3/t16-,19-/m1/s1. The number of hydrogen-bond donors (Lipinski definition) is 2. The summed E-state index contributed by atoms with van der Waals surface area (Å²) in [5.41, 5.74) is 1.03. The molecule has 2 aromatic rings. The molecular formula is C19H27N3O3S. The molecule has 0 aliphatic carbocycles. The lowest BCUT2D eigenvalue weighted by molar-refractivity contribution is -0.149. The molecular weight excluding hydrogens is 350 g/mol. The Hall–Kier alpha value is -1.57. The molecule has 1 fully saturated rings. The summed E-state index contributed by atoms with van der Waals surface area (Å²) in [7, 11) is 0. The fourth-order valence-electron chi connectivity index (χ4n) is 3.46. The Balaban J connectivity index is 1.56. The van der Waals surface area contributed by atoms with Crippen LogP contribution in [0.1, 0.15) is 33.1 Å². The lowest BCUT2D eigenvalue weighted by atomic mass is 9.86. The molecule has 26 heavy (non-hydrogen) atoms. The molecule has 3 rings (SSSR count). The number of piperidine rings is 1. The van der Waals surface area contributed by atoms with Crippen molar-refractivity contribution in [3.05, 3.63) is 24.3 Å². The molecule has 0 spiro atoms. The Labute approximate surface area is 158 Å². The number of aliphatic hydroxyl groups is 2. The molecule has 1 aliphatic heterocycles. The third kappa shape index (κ3) is 3.75. The maximum Gasteiger partial charge on any atom is 0.223 e. The predicted octanol–water partition coefficient (Wildman–Crippen LogP) is 2.27. The first-order valence-corrected chi connectivity index (χ1v) is 10.2. The largest absolute Gasteiger partial charge is 0.388 e. The molecule has 0 radical (unpaired) electrons. The molecule has 1 saturated heterocycles. The van der Waals surface area contributed by atoms with Crippen LogP contribution in [0.15, 0.2) is 29.4 Å². The fourth-order valence-corrected chi connectivity index (χ4v) is 4.47. The average Bonchev–Trinajstić information content (AvgIpc) is 3.01. The number of imidazole rings is 1. The van der Waals surface area contributed by atoms with E-state index < -0.39 is 11.7 Å². The van der Waals surface area contributed by atoms with Gasteiger partial charge in [0.05, 0.1) is 16.6 Å². The topological polar surface area (TPSA) is 78.6 Å². The number of nitrogens with zero attached hydrogens (tertiary/aromatic N) is 3. The summed E-state index contributed by atoms with van der Waals surface area (Å²) in [6.07, 6.45) is 0.450. The lowest BCUT2D eigenvalue weighted by Crippen LogP contribution is -2.56. The van der Waals surface area contributed by atoms with Gasteiger partial charge in [0.1, 0.15) is 6.10 Å². The van der Waals surface area contributed by atoms with E-state index >= 15 is 0 Å². The van der Waals surface area contributed by atoms with Crippen LogP contribution >= 0.6 is 11.8 Å². The first-order valence-electron chi connectivity index (χ1n) is 9.24. The molecule has 1 amide bonds. The van der Waals surface area contributed by atoms with E-state index in [-0.39, 0.29) is 12.5 Å². The maximum absolute atomic E-state index is 12.5. The van der Waals surface area contributed by atoms with Crippen molar-refractivity contribution in [3.8, 4) is 0 Å². The quantitative estimate of drug-likeness (QED) is 0.755. The highest BCUT2D eigenvalue weighted by Gasteiger charge is 2.40. The number of fused-ring (bicyclic) bond motifs is 1. The van der Waals surface area contributed by atoms with Gasteiger partial charge in [0, 0.05) is 31.8 Å². The van der Waals surface area contributed by atoms with Gasteiger partial charge in [-0.1, -0.05) is 30.8 Å². The Morgan fingerprint density at radius 3 is 2.85 bits per heavy atom. The van der Waals surface area contributed by atoms with Crippen molar-refractivity contribution in [2.45, 2.75) is 56.5 Å². The summed E-state index contributed by atoms with van der Waals surface area (Å²) in [5.74, 6) is 0.668. The zero-order chi connectivity index (χ0) is 18.7. The number of rotatable bonds is 6. The van der Waals surface area contributed by atoms with E-state index in [9.17, 15) is 15.0 Å². The molecule has 2 heterocycles. The maximum atomic E-state index is 12.5. The van der Waals surface area contributed by atoms with Gasteiger partial charge < -0.3 is 19.7 Å². The summed E-state index contributed by atoms with van der Waals surface area (Å²) in [5, 5.41) is 21.4. The van der Waals surface area contributed by atoms with E-state index in [2.05, 4.69) is 22.5 Å². The van der Waals surface area contributed by atoms with Crippen LogP contribution in [-0.2, 0) is 11.3 Å². The number of aromatic nitrogens is 2. The summed E-state index contributed by atoms with van der Waals surface area (Å²) in [6.45, 7) is 5.49. The van der Waals surface area contributed by atoms with E-state index in [0.29, 0.717) is 31.6 Å². The highest BCUT2D eigenvalue weighted by Crippen LogP contribution is 2.27. The smallest absolute Gasteiger partial charge is 0.223 e. The van der Waals surface area contributed by atoms with Crippen molar-refractivity contribution in [2.75, 3.05) is 18.8 Å². The SMILES string of the molecule is CCn1c(SCCC(=O)N2CC[C@](O)(CC)[C@H](O)C2)nc2ccccc21. The molecule has 1 aromatic heterocycles. The molecule has 7 heteroatoms. The van der Waals surface area contributed by atoms with Gasteiger partial charge in [-0.3, -0.25) is 4.79 Å². The number of thioether (sulfide) groups is 1. The fraction of sp³-hybridized carbons (Fsp3) is 0.579. The third-order valence-corrected chi connectivity index (χ3v) is 6.25. The number of hydrogen-bond acceptors (Lipinski definition) is 5. The predicted molar refractivity (Wildman–Crippen MR) is 103 cm³/mol. The Bertz CT molecular complexity index is 778. The molecule has 1 aliphatic rings. The molecule has 0 bridgehead atoms. The van der Waals surface area contributed by atoms with E-state index in [1.165, 1.54) is 0 Å². The molecule has 2 N–H and O–H groups in total. The number of aliphatic hydroxyl groups excluding tert-OH is 1. The van der Waals surface area contributed by atoms with Gasteiger partial charge in [-0.05, 0) is 31.9 Å². The average molecular weight is 378 g/mol. The third-order valence-electron chi connectivity index (χ3n) is 5.28. The van der Waals surface area contributed by atoms with Gasteiger partial charge in [0.15, 0.2) is 5.16 Å². The van der Waals surface area contributed by atoms with Crippen molar-refractivity contribution in [3.63, 3.8) is 0 Å². The van der Waals surface area contributed by atoms with Gasteiger partial charge in [0.25, 0.3) is 0 Å². The second-order valence-corrected chi connectivity index (χ2v) is 7.85. The number of carbonyl (C=O) groups is 1. The number of aryl methyl sites for hydroxylation is 1. The van der Waals surface area contributed by atoms with Gasteiger partial charge in [-0.2, -0.15) is 0 Å². The number of β-amino-alcohol motifs (C(OH)–C–C–N with tert-alkyl or cyclic N) is 1. The molecule has 142 valence electrons. The van der Waals surface area contributed by atoms with Gasteiger partial charge in [0.2, 0.25) is 5.91 Å². The van der Waals surface area contributed by atoms with Crippen LogP contribution in [0.2, 0.25) is 0 Å². The number of benzene rings is 1. The minimum Gasteiger partial charge on any atom is -0.388 e. The number of likely N-dealkylation sites (tertiary alicyclic amines) is 1. The van der Waals surface area contributed by atoms with Crippen LogP contribution in [0.25, 0.3) is 11.0 Å². The van der Waals surface area contributed by atoms with Crippen molar-refractivity contribution < 1.29 is 15.0 Å².